The van der Waals surface area contributed by atoms with Gasteiger partial charge in [0.05, 0.1) is 0 Å². The lowest BCUT2D eigenvalue weighted by Crippen LogP contribution is -2.29. The zero-order valence-electron chi connectivity index (χ0n) is 13.6. The van der Waals surface area contributed by atoms with Crippen LogP contribution in [0.1, 0.15) is 71.4 Å². The standard InChI is InChI=1S/C18H31N/c1-7-15(4)16-8-10-17(11-9-16)18(5,6)12-13-19-14(2)3/h8-11,14-15,19H,7,12-13H2,1-6H3. The molecule has 0 spiro atoms. The SMILES string of the molecule is CCC(C)c1ccc(C(C)(C)CCNC(C)C)cc1. The summed E-state index contributed by atoms with van der Waals surface area (Å²) in [6.07, 6.45) is 2.38. The lowest BCUT2D eigenvalue weighted by molar-refractivity contribution is 0.441. The summed E-state index contributed by atoms with van der Waals surface area (Å²) in [5.41, 5.74) is 3.16. The van der Waals surface area contributed by atoms with E-state index in [2.05, 4.69) is 71.1 Å². The molecular formula is C18H31N. The Morgan fingerprint density at radius 3 is 2.11 bits per heavy atom. The largest absolute Gasteiger partial charge is 0.315 e. The summed E-state index contributed by atoms with van der Waals surface area (Å²) < 4.78 is 0. The summed E-state index contributed by atoms with van der Waals surface area (Å²) in [4.78, 5) is 0. The Balaban J connectivity index is 2.67. The maximum absolute atomic E-state index is 3.51. The number of nitrogens with one attached hydrogen (secondary N) is 1. The predicted octanol–water partition coefficient (Wildman–Crippen LogP) is 4.87. The molecule has 1 heteroatoms. The third kappa shape index (κ3) is 4.99. The normalized spacial score (nSPS) is 13.8. The number of hydrogen-bond donors (Lipinski definition) is 1. The quantitative estimate of drug-likeness (QED) is 0.738. The van der Waals surface area contributed by atoms with Gasteiger partial charge in [-0.05, 0) is 41.8 Å². The van der Waals surface area contributed by atoms with Gasteiger partial charge in [-0.25, -0.2) is 0 Å². The third-order valence-corrected chi connectivity index (χ3v) is 4.18. The lowest BCUT2D eigenvalue weighted by Gasteiger charge is -2.26. The van der Waals surface area contributed by atoms with E-state index in [9.17, 15) is 0 Å². The van der Waals surface area contributed by atoms with Crippen LogP contribution in [0, 0.1) is 0 Å². The summed E-state index contributed by atoms with van der Waals surface area (Å²) in [6, 6.07) is 9.82. The van der Waals surface area contributed by atoms with Crippen molar-refractivity contribution in [2.45, 2.75) is 71.8 Å². The molecule has 19 heavy (non-hydrogen) atoms. The molecular weight excluding hydrogens is 230 g/mol. The number of benzene rings is 1. The van der Waals surface area contributed by atoms with Crippen LogP contribution in [-0.2, 0) is 5.41 Å². The molecule has 1 nitrogen and oxygen atoms in total. The van der Waals surface area contributed by atoms with E-state index in [0.29, 0.717) is 12.0 Å². The Hall–Kier alpha value is -0.820. The first-order chi connectivity index (χ1) is 8.86. The van der Waals surface area contributed by atoms with Crippen LogP contribution in [0.5, 0.6) is 0 Å². The van der Waals surface area contributed by atoms with Gasteiger partial charge in [0.1, 0.15) is 0 Å². The number of hydrogen-bond acceptors (Lipinski definition) is 1. The minimum atomic E-state index is 0.246. The fourth-order valence-corrected chi connectivity index (χ4v) is 2.32. The highest BCUT2D eigenvalue weighted by Gasteiger charge is 2.20. The van der Waals surface area contributed by atoms with E-state index in [0.717, 1.165) is 6.54 Å². The monoisotopic (exact) mass is 261 g/mol. The van der Waals surface area contributed by atoms with Gasteiger partial charge in [0.25, 0.3) is 0 Å². The van der Waals surface area contributed by atoms with Crippen LogP contribution >= 0.6 is 0 Å². The van der Waals surface area contributed by atoms with E-state index >= 15 is 0 Å². The second kappa shape index (κ2) is 7.09. The molecule has 108 valence electrons. The zero-order valence-corrected chi connectivity index (χ0v) is 13.6. The van der Waals surface area contributed by atoms with Crippen LogP contribution in [-0.4, -0.2) is 12.6 Å². The van der Waals surface area contributed by atoms with Gasteiger partial charge in [-0.1, -0.05) is 65.8 Å². The van der Waals surface area contributed by atoms with Crippen molar-refractivity contribution in [1.29, 1.82) is 0 Å². The van der Waals surface area contributed by atoms with E-state index in [1.165, 1.54) is 24.0 Å². The summed E-state index contributed by atoms with van der Waals surface area (Å²) in [6.45, 7) is 14.7. The zero-order chi connectivity index (χ0) is 14.5. The van der Waals surface area contributed by atoms with E-state index in [1.54, 1.807) is 0 Å². The second-order valence-electron chi connectivity index (χ2n) is 6.67. The molecule has 1 aromatic rings. The highest BCUT2D eigenvalue weighted by atomic mass is 14.9. The van der Waals surface area contributed by atoms with E-state index in [-0.39, 0.29) is 5.41 Å². The summed E-state index contributed by atoms with van der Waals surface area (Å²) in [7, 11) is 0. The van der Waals surface area contributed by atoms with Gasteiger partial charge in [0.2, 0.25) is 0 Å². The van der Waals surface area contributed by atoms with Gasteiger partial charge in [0, 0.05) is 6.04 Å². The molecule has 0 aromatic heterocycles. The van der Waals surface area contributed by atoms with Crippen molar-refractivity contribution in [2.24, 2.45) is 0 Å². The smallest absolute Gasteiger partial charge is 0.00103 e. The molecule has 1 N–H and O–H groups in total. The van der Waals surface area contributed by atoms with Crippen molar-refractivity contribution in [2.75, 3.05) is 6.54 Å². The third-order valence-electron chi connectivity index (χ3n) is 4.18. The molecule has 0 aliphatic rings. The van der Waals surface area contributed by atoms with Crippen LogP contribution in [0.3, 0.4) is 0 Å². The minimum absolute atomic E-state index is 0.246. The van der Waals surface area contributed by atoms with Crippen LogP contribution in [0.2, 0.25) is 0 Å². The van der Waals surface area contributed by atoms with Gasteiger partial charge < -0.3 is 5.32 Å². The molecule has 1 rings (SSSR count). The average molecular weight is 261 g/mol. The average Bonchev–Trinajstić information content (AvgIpc) is 2.37. The van der Waals surface area contributed by atoms with Crippen molar-refractivity contribution in [3.63, 3.8) is 0 Å². The Bertz CT molecular complexity index is 362. The second-order valence-corrected chi connectivity index (χ2v) is 6.67. The van der Waals surface area contributed by atoms with Crippen molar-refractivity contribution in [3.05, 3.63) is 35.4 Å². The van der Waals surface area contributed by atoms with Crippen LogP contribution in [0.4, 0.5) is 0 Å². The molecule has 0 heterocycles. The van der Waals surface area contributed by atoms with Gasteiger partial charge >= 0.3 is 0 Å². The fraction of sp³-hybridized carbons (Fsp3) is 0.667. The molecule has 0 saturated heterocycles. The molecule has 0 radical (unpaired) electrons. The molecule has 1 atom stereocenters. The first-order valence-electron chi connectivity index (χ1n) is 7.70. The van der Waals surface area contributed by atoms with Gasteiger partial charge in [0.15, 0.2) is 0 Å². The Kier molecular flexibility index (Phi) is 6.06. The molecule has 0 aliphatic heterocycles. The minimum Gasteiger partial charge on any atom is -0.315 e. The highest BCUT2D eigenvalue weighted by Crippen LogP contribution is 2.28. The summed E-state index contributed by atoms with van der Waals surface area (Å²) >= 11 is 0. The Labute approximate surface area is 119 Å². The molecule has 0 bridgehead atoms. The predicted molar refractivity (Wildman–Crippen MR) is 85.9 cm³/mol. The Morgan fingerprint density at radius 1 is 1.05 bits per heavy atom. The van der Waals surface area contributed by atoms with Crippen molar-refractivity contribution in [1.82, 2.24) is 5.32 Å². The van der Waals surface area contributed by atoms with E-state index < -0.39 is 0 Å². The Morgan fingerprint density at radius 2 is 1.63 bits per heavy atom. The van der Waals surface area contributed by atoms with Crippen LogP contribution in [0.25, 0.3) is 0 Å². The molecule has 0 saturated carbocycles. The lowest BCUT2D eigenvalue weighted by atomic mass is 9.80. The molecule has 0 fully saturated rings. The molecule has 1 aromatic carbocycles. The first-order valence-corrected chi connectivity index (χ1v) is 7.70. The molecule has 1 unspecified atom stereocenters. The van der Waals surface area contributed by atoms with Gasteiger partial charge in [-0.15, -0.1) is 0 Å². The fourth-order valence-electron chi connectivity index (χ4n) is 2.32. The van der Waals surface area contributed by atoms with Crippen LogP contribution < -0.4 is 5.32 Å². The van der Waals surface area contributed by atoms with Crippen molar-refractivity contribution in [3.8, 4) is 0 Å². The van der Waals surface area contributed by atoms with Gasteiger partial charge in [-0.3, -0.25) is 0 Å². The molecule has 0 aliphatic carbocycles. The number of rotatable bonds is 7. The molecule has 0 amide bonds. The summed E-state index contributed by atoms with van der Waals surface area (Å²) in [5, 5.41) is 3.51. The van der Waals surface area contributed by atoms with E-state index in [4.69, 9.17) is 0 Å². The topological polar surface area (TPSA) is 12.0 Å². The summed E-state index contributed by atoms with van der Waals surface area (Å²) in [5.74, 6) is 0.666. The van der Waals surface area contributed by atoms with Crippen molar-refractivity contribution < 1.29 is 0 Å². The maximum atomic E-state index is 3.51. The van der Waals surface area contributed by atoms with Crippen LogP contribution in [0.15, 0.2) is 24.3 Å². The highest BCUT2D eigenvalue weighted by molar-refractivity contribution is 5.29. The maximum Gasteiger partial charge on any atom is 0.00103 e. The van der Waals surface area contributed by atoms with E-state index in [1.807, 2.05) is 0 Å². The first kappa shape index (κ1) is 16.2. The van der Waals surface area contributed by atoms with Crippen molar-refractivity contribution >= 4 is 0 Å². The van der Waals surface area contributed by atoms with Gasteiger partial charge in [-0.2, -0.15) is 0 Å².